The van der Waals surface area contributed by atoms with Gasteiger partial charge >= 0.3 is 0 Å². The van der Waals surface area contributed by atoms with Crippen molar-refractivity contribution in [3.63, 3.8) is 0 Å². The van der Waals surface area contributed by atoms with Gasteiger partial charge in [-0.15, -0.1) is 0 Å². The summed E-state index contributed by atoms with van der Waals surface area (Å²) < 4.78 is 6.62. The zero-order valence-electron chi connectivity index (χ0n) is 33.4. The molecule has 0 saturated heterocycles. The van der Waals surface area contributed by atoms with E-state index >= 15 is 0 Å². The van der Waals surface area contributed by atoms with Crippen LogP contribution in [0.1, 0.15) is 25.0 Å². The van der Waals surface area contributed by atoms with Gasteiger partial charge in [0.15, 0.2) is 0 Å². The van der Waals surface area contributed by atoms with Crippen molar-refractivity contribution >= 4 is 75.8 Å². The van der Waals surface area contributed by atoms with Crippen LogP contribution in [0.15, 0.2) is 199 Å². The molecule has 1 aliphatic carbocycles. The van der Waals surface area contributed by atoms with Crippen LogP contribution in [0.25, 0.3) is 120 Å². The first-order chi connectivity index (χ1) is 29.5. The standard InChI is InChI=1S/C59H38O/c1-59(2)51-30-31-53-57(50-29-26-36-13-4-6-16-43(36)58(50)60-53)56(51)49-28-27-40(34-52(49)59)38-22-23-39-33-41(25-24-37(39)32-38)54-45-17-7-9-19-47(45)55(48-20-10-8-18-46(48)54)44-21-11-14-35-12-3-5-15-42(35)44/h3-34H,1-2H3. The van der Waals surface area contributed by atoms with Crippen molar-refractivity contribution in [2.24, 2.45) is 0 Å². The average Bonchev–Trinajstić information content (AvgIpc) is 3.79. The van der Waals surface area contributed by atoms with Gasteiger partial charge in [0.05, 0.1) is 0 Å². The minimum atomic E-state index is -0.157. The van der Waals surface area contributed by atoms with Crippen molar-refractivity contribution < 1.29 is 4.42 Å². The molecule has 0 saturated carbocycles. The summed E-state index contributed by atoms with van der Waals surface area (Å²) in [7, 11) is 0. The van der Waals surface area contributed by atoms with E-state index in [-0.39, 0.29) is 5.41 Å². The average molecular weight is 763 g/mol. The highest BCUT2D eigenvalue weighted by molar-refractivity contribution is 6.24. The minimum absolute atomic E-state index is 0.157. The molecule has 1 nitrogen and oxygen atoms in total. The molecule has 12 aromatic rings. The Labute approximate surface area is 347 Å². The molecule has 0 spiro atoms. The molecule has 0 N–H and O–H groups in total. The van der Waals surface area contributed by atoms with Crippen molar-refractivity contribution in [2.75, 3.05) is 0 Å². The van der Waals surface area contributed by atoms with Gasteiger partial charge in [0.25, 0.3) is 0 Å². The lowest BCUT2D eigenvalue weighted by Crippen LogP contribution is -2.14. The zero-order valence-corrected chi connectivity index (χ0v) is 33.4. The first kappa shape index (κ1) is 33.5. The molecule has 280 valence electrons. The van der Waals surface area contributed by atoms with Crippen LogP contribution >= 0.6 is 0 Å². The molecule has 0 fully saturated rings. The molecule has 0 radical (unpaired) electrons. The molecule has 0 aliphatic heterocycles. The van der Waals surface area contributed by atoms with E-state index in [1.165, 1.54) is 115 Å². The molecule has 0 atom stereocenters. The molecule has 60 heavy (non-hydrogen) atoms. The molecule has 1 aliphatic rings. The Morgan fingerprint density at radius 3 is 1.62 bits per heavy atom. The van der Waals surface area contributed by atoms with Gasteiger partial charge in [-0.05, 0) is 134 Å². The topological polar surface area (TPSA) is 13.1 Å². The smallest absolute Gasteiger partial charge is 0.143 e. The summed E-state index contributed by atoms with van der Waals surface area (Å²) in [6.07, 6.45) is 0. The fraction of sp³-hybridized carbons (Fsp3) is 0.0508. The molecule has 0 amide bonds. The quantitative estimate of drug-likeness (QED) is 0.163. The van der Waals surface area contributed by atoms with Gasteiger partial charge < -0.3 is 4.42 Å². The lowest BCUT2D eigenvalue weighted by Gasteiger charge is -2.22. The van der Waals surface area contributed by atoms with Crippen LogP contribution < -0.4 is 0 Å². The molecule has 1 heterocycles. The summed E-state index contributed by atoms with van der Waals surface area (Å²) in [6.45, 7) is 4.74. The molecule has 0 bridgehead atoms. The van der Waals surface area contributed by atoms with E-state index in [9.17, 15) is 0 Å². The molecular formula is C59H38O. The summed E-state index contributed by atoms with van der Waals surface area (Å²) in [4.78, 5) is 0. The maximum Gasteiger partial charge on any atom is 0.143 e. The Balaban J connectivity index is 0.932. The molecular weight excluding hydrogens is 725 g/mol. The van der Waals surface area contributed by atoms with Crippen molar-refractivity contribution in [1.29, 1.82) is 0 Å². The molecule has 13 rings (SSSR count). The Hall–Kier alpha value is -7.48. The lowest BCUT2D eigenvalue weighted by molar-refractivity contribution is 0.657. The van der Waals surface area contributed by atoms with Crippen molar-refractivity contribution in [3.8, 4) is 44.5 Å². The van der Waals surface area contributed by atoms with Crippen LogP contribution in [0, 0.1) is 0 Å². The second-order valence-corrected chi connectivity index (χ2v) is 17.2. The number of fused-ring (bicyclic) bond motifs is 13. The highest BCUT2D eigenvalue weighted by Crippen LogP contribution is 2.54. The fourth-order valence-electron chi connectivity index (χ4n) is 10.8. The summed E-state index contributed by atoms with van der Waals surface area (Å²) in [5.74, 6) is 0. The van der Waals surface area contributed by atoms with Crippen LogP contribution in [-0.4, -0.2) is 0 Å². The third kappa shape index (κ3) is 4.63. The first-order valence-corrected chi connectivity index (χ1v) is 21.0. The monoisotopic (exact) mass is 762 g/mol. The van der Waals surface area contributed by atoms with Crippen LogP contribution in [0.4, 0.5) is 0 Å². The summed E-state index contributed by atoms with van der Waals surface area (Å²) in [6, 6.07) is 71.9. The van der Waals surface area contributed by atoms with Gasteiger partial charge in [-0.1, -0.05) is 178 Å². The third-order valence-corrected chi connectivity index (χ3v) is 13.6. The van der Waals surface area contributed by atoms with E-state index in [4.69, 9.17) is 4.42 Å². The van der Waals surface area contributed by atoms with Crippen molar-refractivity contribution in [2.45, 2.75) is 19.3 Å². The van der Waals surface area contributed by atoms with E-state index in [2.05, 4.69) is 208 Å². The summed E-state index contributed by atoms with van der Waals surface area (Å²) in [5, 5.41) is 14.9. The highest BCUT2D eigenvalue weighted by atomic mass is 16.3. The van der Waals surface area contributed by atoms with Crippen molar-refractivity contribution in [1.82, 2.24) is 0 Å². The first-order valence-electron chi connectivity index (χ1n) is 21.0. The Morgan fingerprint density at radius 2 is 0.883 bits per heavy atom. The maximum atomic E-state index is 6.62. The second kappa shape index (κ2) is 12.3. The van der Waals surface area contributed by atoms with Crippen LogP contribution in [0.3, 0.4) is 0 Å². The van der Waals surface area contributed by atoms with Gasteiger partial charge in [0.1, 0.15) is 11.2 Å². The van der Waals surface area contributed by atoms with E-state index in [0.29, 0.717) is 0 Å². The Kier molecular flexibility index (Phi) is 6.85. The maximum absolute atomic E-state index is 6.62. The van der Waals surface area contributed by atoms with E-state index < -0.39 is 0 Å². The molecule has 1 heteroatoms. The number of benzene rings is 11. The Morgan fingerprint density at radius 1 is 0.333 bits per heavy atom. The van der Waals surface area contributed by atoms with Crippen LogP contribution in [0.2, 0.25) is 0 Å². The van der Waals surface area contributed by atoms with Gasteiger partial charge in [-0.2, -0.15) is 0 Å². The second-order valence-electron chi connectivity index (χ2n) is 17.2. The number of hydrogen-bond donors (Lipinski definition) is 0. The summed E-state index contributed by atoms with van der Waals surface area (Å²) in [5.41, 5.74) is 14.6. The lowest BCUT2D eigenvalue weighted by atomic mass is 9.81. The summed E-state index contributed by atoms with van der Waals surface area (Å²) >= 11 is 0. The van der Waals surface area contributed by atoms with E-state index in [0.717, 1.165) is 16.6 Å². The number of furan rings is 1. The normalized spacial score (nSPS) is 13.3. The minimum Gasteiger partial charge on any atom is -0.455 e. The third-order valence-electron chi connectivity index (χ3n) is 13.6. The van der Waals surface area contributed by atoms with Gasteiger partial charge in [0, 0.05) is 21.6 Å². The molecule has 11 aromatic carbocycles. The van der Waals surface area contributed by atoms with Gasteiger partial charge in [0.2, 0.25) is 0 Å². The van der Waals surface area contributed by atoms with E-state index in [1.807, 2.05) is 0 Å². The molecule has 1 aromatic heterocycles. The predicted molar refractivity (Wildman–Crippen MR) is 255 cm³/mol. The largest absolute Gasteiger partial charge is 0.455 e. The van der Waals surface area contributed by atoms with Crippen LogP contribution in [-0.2, 0) is 5.41 Å². The Bertz CT molecular complexity index is 3740. The SMILES string of the molecule is CC1(C)c2cc(-c3ccc4cc(-c5c6ccccc6c(-c6cccc7ccccc67)c6ccccc56)ccc4c3)ccc2-c2c1ccc1oc3c4ccccc4ccc3c21. The predicted octanol–water partition coefficient (Wildman–Crippen LogP) is 16.7. The van der Waals surface area contributed by atoms with Gasteiger partial charge in [-0.25, -0.2) is 0 Å². The van der Waals surface area contributed by atoms with Crippen LogP contribution in [0.5, 0.6) is 0 Å². The number of hydrogen-bond acceptors (Lipinski definition) is 1. The highest BCUT2D eigenvalue weighted by Gasteiger charge is 2.38. The van der Waals surface area contributed by atoms with Gasteiger partial charge in [-0.3, -0.25) is 0 Å². The van der Waals surface area contributed by atoms with Crippen molar-refractivity contribution in [3.05, 3.63) is 205 Å². The van der Waals surface area contributed by atoms with E-state index in [1.54, 1.807) is 0 Å². The molecule has 0 unspecified atom stereocenters. The fourth-order valence-corrected chi connectivity index (χ4v) is 10.8. The zero-order chi connectivity index (χ0) is 39.7. The number of rotatable bonds is 3.